The highest BCUT2D eigenvalue weighted by Gasteiger charge is 2.16. The molecule has 2 aromatic carbocycles. The van der Waals surface area contributed by atoms with Gasteiger partial charge in [0.05, 0.1) is 10.7 Å². The molecule has 7 nitrogen and oxygen atoms in total. The Bertz CT molecular complexity index is 1280. The number of rotatable bonds is 7. The second-order valence-electron chi connectivity index (χ2n) is 6.82. The summed E-state index contributed by atoms with van der Waals surface area (Å²) in [5.74, 6) is 3.44. The fourth-order valence-corrected chi connectivity index (χ4v) is 5.21. The van der Waals surface area contributed by atoms with Crippen molar-refractivity contribution < 1.29 is 14.2 Å². The van der Waals surface area contributed by atoms with Crippen molar-refractivity contribution in [2.24, 2.45) is 7.05 Å². The molecular formula is C21H16Cl2N4O3S2. The van der Waals surface area contributed by atoms with E-state index in [2.05, 4.69) is 15.6 Å². The molecule has 0 spiro atoms. The van der Waals surface area contributed by atoms with Crippen molar-refractivity contribution in [3.8, 4) is 27.8 Å². The van der Waals surface area contributed by atoms with Crippen molar-refractivity contribution in [2.75, 3.05) is 6.79 Å². The summed E-state index contributed by atoms with van der Waals surface area (Å²) in [6, 6.07) is 11.0. The van der Waals surface area contributed by atoms with Crippen LogP contribution in [-0.2, 0) is 19.4 Å². The Morgan fingerprint density at radius 1 is 1.12 bits per heavy atom. The first-order valence-corrected chi connectivity index (χ1v) is 12.1. The van der Waals surface area contributed by atoms with Crippen molar-refractivity contribution in [1.82, 2.24) is 19.7 Å². The van der Waals surface area contributed by atoms with Gasteiger partial charge in [-0.2, -0.15) is 0 Å². The normalized spacial score (nSPS) is 12.3. The Morgan fingerprint density at radius 2 is 2.00 bits per heavy atom. The summed E-state index contributed by atoms with van der Waals surface area (Å²) in [5.41, 5.74) is 1.98. The van der Waals surface area contributed by atoms with Crippen LogP contribution in [0.5, 0.6) is 17.2 Å². The van der Waals surface area contributed by atoms with Gasteiger partial charge in [-0.3, -0.25) is 0 Å². The van der Waals surface area contributed by atoms with Gasteiger partial charge in [-0.05, 0) is 36.4 Å². The summed E-state index contributed by atoms with van der Waals surface area (Å²) in [5, 5.41) is 13.3. The molecule has 0 unspecified atom stereocenters. The molecule has 0 saturated heterocycles. The number of hydrogen-bond donors (Lipinski definition) is 0. The molecule has 0 radical (unpaired) electrons. The third kappa shape index (κ3) is 4.52. The van der Waals surface area contributed by atoms with E-state index in [0.717, 1.165) is 32.9 Å². The summed E-state index contributed by atoms with van der Waals surface area (Å²) < 4.78 is 18.5. The van der Waals surface area contributed by atoms with E-state index in [0.29, 0.717) is 27.4 Å². The number of thioether (sulfide) groups is 1. The fraction of sp³-hybridized carbons (Fsp3) is 0.190. The maximum atomic E-state index is 6.16. The first kappa shape index (κ1) is 21.4. The molecule has 11 heteroatoms. The van der Waals surface area contributed by atoms with Gasteiger partial charge >= 0.3 is 0 Å². The van der Waals surface area contributed by atoms with Crippen LogP contribution in [0.25, 0.3) is 10.6 Å². The molecule has 0 N–H and O–H groups in total. The van der Waals surface area contributed by atoms with Gasteiger partial charge in [0, 0.05) is 28.8 Å². The first-order chi connectivity index (χ1) is 15.6. The number of thiazole rings is 1. The molecule has 0 aliphatic carbocycles. The van der Waals surface area contributed by atoms with E-state index in [-0.39, 0.29) is 13.4 Å². The van der Waals surface area contributed by atoms with Crippen molar-refractivity contribution in [1.29, 1.82) is 0 Å². The largest absolute Gasteiger partial charge is 0.484 e. The lowest BCUT2D eigenvalue weighted by Crippen LogP contribution is -2.04. The molecule has 0 saturated carbocycles. The highest BCUT2D eigenvalue weighted by atomic mass is 35.5. The molecule has 0 fully saturated rings. The van der Waals surface area contributed by atoms with Gasteiger partial charge in [0.1, 0.15) is 17.4 Å². The van der Waals surface area contributed by atoms with E-state index < -0.39 is 0 Å². The number of aromatic nitrogens is 4. The summed E-state index contributed by atoms with van der Waals surface area (Å²) >= 11 is 15.2. The smallest absolute Gasteiger partial charge is 0.231 e. The van der Waals surface area contributed by atoms with E-state index in [1.165, 1.54) is 0 Å². The second kappa shape index (κ2) is 9.19. The molecule has 3 heterocycles. The topological polar surface area (TPSA) is 71.3 Å². The SMILES string of the molecule is Cn1c(COc2ccc(Cl)cc2Cl)nnc1SCc1csc(-c2ccc3c(c2)OCO3)n1. The minimum Gasteiger partial charge on any atom is -0.484 e. The molecule has 164 valence electrons. The van der Waals surface area contributed by atoms with Gasteiger partial charge in [0.25, 0.3) is 0 Å². The zero-order chi connectivity index (χ0) is 22.1. The van der Waals surface area contributed by atoms with Gasteiger partial charge in [-0.15, -0.1) is 21.5 Å². The lowest BCUT2D eigenvalue weighted by atomic mass is 10.2. The van der Waals surface area contributed by atoms with E-state index in [9.17, 15) is 0 Å². The molecular weight excluding hydrogens is 491 g/mol. The second-order valence-corrected chi connectivity index (χ2v) is 9.47. The van der Waals surface area contributed by atoms with Crippen LogP contribution >= 0.6 is 46.3 Å². The van der Waals surface area contributed by atoms with Gasteiger partial charge in [-0.25, -0.2) is 4.98 Å². The maximum Gasteiger partial charge on any atom is 0.231 e. The Hall–Kier alpha value is -2.46. The summed E-state index contributed by atoms with van der Waals surface area (Å²) in [4.78, 5) is 4.74. The number of ether oxygens (including phenoxy) is 3. The Kier molecular flexibility index (Phi) is 6.14. The lowest BCUT2D eigenvalue weighted by molar-refractivity contribution is 0.174. The highest BCUT2D eigenvalue weighted by Crippen LogP contribution is 2.37. The van der Waals surface area contributed by atoms with Crippen molar-refractivity contribution in [3.05, 3.63) is 63.3 Å². The molecule has 32 heavy (non-hydrogen) atoms. The highest BCUT2D eigenvalue weighted by molar-refractivity contribution is 7.98. The van der Waals surface area contributed by atoms with Crippen molar-refractivity contribution >= 4 is 46.3 Å². The van der Waals surface area contributed by atoms with Gasteiger partial charge in [0.15, 0.2) is 22.5 Å². The molecule has 1 aliphatic heterocycles. The summed E-state index contributed by atoms with van der Waals surface area (Å²) in [6.07, 6.45) is 0. The van der Waals surface area contributed by atoms with Crippen LogP contribution in [0.4, 0.5) is 0 Å². The molecule has 2 aromatic heterocycles. The minimum atomic E-state index is 0.246. The van der Waals surface area contributed by atoms with Crippen LogP contribution in [0.3, 0.4) is 0 Å². The zero-order valence-electron chi connectivity index (χ0n) is 16.7. The van der Waals surface area contributed by atoms with Crippen LogP contribution in [0, 0.1) is 0 Å². The number of nitrogens with zero attached hydrogens (tertiary/aromatic N) is 4. The van der Waals surface area contributed by atoms with E-state index in [4.69, 9.17) is 42.4 Å². The monoisotopic (exact) mass is 506 g/mol. The summed E-state index contributed by atoms with van der Waals surface area (Å²) in [7, 11) is 1.91. The Balaban J connectivity index is 1.21. The average Bonchev–Trinajstić information content (AvgIpc) is 3.51. The Labute approximate surface area is 202 Å². The minimum absolute atomic E-state index is 0.246. The molecule has 4 aromatic rings. The number of fused-ring (bicyclic) bond motifs is 1. The zero-order valence-corrected chi connectivity index (χ0v) is 19.9. The van der Waals surface area contributed by atoms with E-state index >= 15 is 0 Å². The lowest BCUT2D eigenvalue weighted by Gasteiger charge is -2.08. The predicted octanol–water partition coefficient (Wildman–Crippen LogP) is 5.85. The molecule has 0 atom stereocenters. The predicted molar refractivity (Wildman–Crippen MR) is 125 cm³/mol. The van der Waals surface area contributed by atoms with Crippen molar-refractivity contribution in [2.45, 2.75) is 17.5 Å². The van der Waals surface area contributed by atoms with Crippen LogP contribution in [0.1, 0.15) is 11.5 Å². The number of hydrogen-bond acceptors (Lipinski definition) is 8. The molecule has 1 aliphatic rings. The van der Waals surface area contributed by atoms with Gasteiger partial charge < -0.3 is 18.8 Å². The molecule has 0 amide bonds. The quantitative estimate of drug-likeness (QED) is 0.291. The van der Waals surface area contributed by atoms with E-state index in [1.807, 2.05) is 29.8 Å². The van der Waals surface area contributed by atoms with Crippen LogP contribution < -0.4 is 14.2 Å². The molecule has 0 bridgehead atoms. The average molecular weight is 507 g/mol. The van der Waals surface area contributed by atoms with Gasteiger partial charge in [0.2, 0.25) is 6.79 Å². The third-order valence-electron chi connectivity index (χ3n) is 4.70. The third-order valence-corrected chi connectivity index (χ3v) is 7.22. The van der Waals surface area contributed by atoms with E-state index in [1.54, 1.807) is 41.3 Å². The van der Waals surface area contributed by atoms with Crippen LogP contribution in [0.15, 0.2) is 46.9 Å². The van der Waals surface area contributed by atoms with Crippen LogP contribution in [0.2, 0.25) is 10.0 Å². The number of halogens is 2. The Morgan fingerprint density at radius 3 is 2.88 bits per heavy atom. The fourth-order valence-electron chi connectivity index (χ4n) is 3.00. The number of benzene rings is 2. The molecule has 5 rings (SSSR count). The van der Waals surface area contributed by atoms with Crippen molar-refractivity contribution in [3.63, 3.8) is 0 Å². The maximum absolute atomic E-state index is 6.16. The summed E-state index contributed by atoms with van der Waals surface area (Å²) in [6.45, 7) is 0.506. The van der Waals surface area contributed by atoms with Gasteiger partial charge in [-0.1, -0.05) is 35.0 Å². The standard InChI is InChI=1S/C21H16Cl2N4O3S2/c1-27-19(8-28-16-5-3-13(22)7-15(16)23)25-26-21(27)32-10-14-9-31-20(24-14)12-2-4-17-18(6-12)30-11-29-17/h2-7,9H,8,10-11H2,1H3. The first-order valence-electron chi connectivity index (χ1n) is 9.50. The van der Waals surface area contributed by atoms with Crippen LogP contribution in [-0.4, -0.2) is 26.5 Å².